The Labute approximate surface area is 121 Å². The Bertz CT molecular complexity index is 777. The summed E-state index contributed by atoms with van der Waals surface area (Å²) >= 11 is 0. The summed E-state index contributed by atoms with van der Waals surface area (Å²) in [6.45, 7) is 1.36. The van der Waals surface area contributed by atoms with Crippen LogP contribution < -0.4 is 10.5 Å². The van der Waals surface area contributed by atoms with Gasteiger partial charge in [-0.05, 0) is 30.7 Å². The van der Waals surface area contributed by atoms with Crippen LogP contribution in [0.2, 0.25) is 0 Å². The average molecular weight is 312 g/mol. The summed E-state index contributed by atoms with van der Waals surface area (Å²) in [5, 5.41) is 0. The van der Waals surface area contributed by atoms with E-state index in [1.807, 2.05) is 0 Å². The number of benzene rings is 2. The highest BCUT2D eigenvalue weighted by atomic mass is 32.2. The van der Waals surface area contributed by atoms with E-state index in [0.717, 1.165) is 6.07 Å². The first-order chi connectivity index (χ1) is 9.79. The SMILES string of the molecule is Cc1ccc(N)cc1S(=O)(=O)NCc1ccc(F)cc1F. The molecule has 0 spiro atoms. The number of nitrogens with two attached hydrogens (primary N) is 1. The third-order valence-corrected chi connectivity index (χ3v) is 4.51. The van der Waals surface area contributed by atoms with Crippen molar-refractivity contribution in [2.75, 3.05) is 5.73 Å². The van der Waals surface area contributed by atoms with E-state index in [4.69, 9.17) is 5.73 Å². The van der Waals surface area contributed by atoms with Crippen molar-refractivity contribution in [2.45, 2.75) is 18.4 Å². The second kappa shape index (κ2) is 5.79. The molecule has 0 atom stereocenters. The highest BCUT2D eigenvalue weighted by molar-refractivity contribution is 7.89. The maximum absolute atomic E-state index is 13.5. The molecule has 0 fully saturated rings. The molecular formula is C14H14F2N2O2S. The highest BCUT2D eigenvalue weighted by Crippen LogP contribution is 2.19. The van der Waals surface area contributed by atoms with E-state index in [1.54, 1.807) is 19.1 Å². The summed E-state index contributed by atoms with van der Waals surface area (Å²) in [5.41, 5.74) is 6.47. The molecule has 0 radical (unpaired) electrons. The lowest BCUT2D eigenvalue weighted by Crippen LogP contribution is -2.24. The number of hydrogen-bond donors (Lipinski definition) is 2. The van der Waals surface area contributed by atoms with Crippen molar-refractivity contribution in [3.63, 3.8) is 0 Å². The normalized spacial score (nSPS) is 11.6. The minimum atomic E-state index is -3.83. The molecule has 2 rings (SSSR count). The molecule has 3 N–H and O–H groups in total. The fourth-order valence-electron chi connectivity index (χ4n) is 1.82. The Hall–Kier alpha value is -1.99. The Kier molecular flexibility index (Phi) is 4.24. The van der Waals surface area contributed by atoms with Gasteiger partial charge in [-0.3, -0.25) is 0 Å². The molecule has 21 heavy (non-hydrogen) atoms. The van der Waals surface area contributed by atoms with Crippen LogP contribution >= 0.6 is 0 Å². The van der Waals surface area contributed by atoms with E-state index in [-0.39, 0.29) is 17.0 Å². The fourth-order valence-corrected chi connectivity index (χ4v) is 3.11. The molecule has 2 aromatic carbocycles. The molecule has 0 saturated carbocycles. The van der Waals surface area contributed by atoms with Crippen LogP contribution in [0.1, 0.15) is 11.1 Å². The molecule has 0 aliphatic heterocycles. The van der Waals surface area contributed by atoms with Crippen LogP contribution in [-0.2, 0) is 16.6 Å². The van der Waals surface area contributed by atoms with Crippen LogP contribution in [0.3, 0.4) is 0 Å². The lowest BCUT2D eigenvalue weighted by Gasteiger charge is -2.10. The molecule has 112 valence electrons. The number of halogens is 2. The molecule has 4 nitrogen and oxygen atoms in total. The number of sulfonamides is 1. The summed E-state index contributed by atoms with van der Waals surface area (Å²) in [6, 6.07) is 7.47. The van der Waals surface area contributed by atoms with Crippen LogP contribution in [0.15, 0.2) is 41.3 Å². The van der Waals surface area contributed by atoms with Gasteiger partial charge in [0.2, 0.25) is 10.0 Å². The van der Waals surface area contributed by atoms with Crippen molar-refractivity contribution < 1.29 is 17.2 Å². The molecule has 0 saturated heterocycles. The van der Waals surface area contributed by atoms with Gasteiger partial charge in [-0.1, -0.05) is 12.1 Å². The van der Waals surface area contributed by atoms with E-state index < -0.39 is 21.7 Å². The first-order valence-electron chi connectivity index (χ1n) is 6.09. The molecule has 0 heterocycles. The standard InChI is InChI=1S/C14H14F2N2O2S/c1-9-2-5-12(17)7-14(9)21(19,20)18-8-10-3-4-11(15)6-13(10)16/h2-7,18H,8,17H2,1H3. The molecule has 0 amide bonds. The second-order valence-electron chi connectivity index (χ2n) is 4.59. The van der Waals surface area contributed by atoms with E-state index >= 15 is 0 Å². The third-order valence-electron chi connectivity index (χ3n) is 2.97. The lowest BCUT2D eigenvalue weighted by molar-refractivity contribution is 0.562. The molecule has 7 heteroatoms. The van der Waals surface area contributed by atoms with Gasteiger partial charge in [-0.25, -0.2) is 21.9 Å². The number of anilines is 1. The summed E-state index contributed by atoms with van der Waals surface area (Å²) < 4.78 is 52.9. The van der Waals surface area contributed by atoms with Crippen molar-refractivity contribution in [3.8, 4) is 0 Å². The summed E-state index contributed by atoms with van der Waals surface area (Å²) in [5.74, 6) is -1.52. The Morgan fingerprint density at radius 3 is 2.52 bits per heavy atom. The lowest BCUT2D eigenvalue weighted by atomic mass is 10.2. The largest absolute Gasteiger partial charge is 0.399 e. The Balaban J connectivity index is 2.24. The monoisotopic (exact) mass is 312 g/mol. The van der Waals surface area contributed by atoms with Gasteiger partial charge in [-0.15, -0.1) is 0 Å². The zero-order valence-electron chi connectivity index (χ0n) is 11.2. The Morgan fingerprint density at radius 1 is 1.14 bits per heavy atom. The van der Waals surface area contributed by atoms with Gasteiger partial charge in [0.15, 0.2) is 0 Å². The Morgan fingerprint density at radius 2 is 1.86 bits per heavy atom. The quantitative estimate of drug-likeness (QED) is 0.851. The molecular weight excluding hydrogens is 298 g/mol. The molecule has 0 aromatic heterocycles. The van der Waals surface area contributed by atoms with Crippen LogP contribution in [0.5, 0.6) is 0 Å². The van der Waals surface area contributed by atoms with Gasteiger partial charge in [-0.2, -0.15) is 0 Å². The zero-order valence-corrected chi connectivity index (χ0v) is 12.0. The van der Waals surface area contributed by atoms with Crippen molar-refractivity contribution >= 4 is 15.7 Å². The van der Waals surface area contributed by atoms with E-state index in [9.17, 15) is 17.2 Å². The van der Waals surface area contributed by atoms with Crippen molar-refractivity contribution in [2.24, 2.45) is 0 Å². The van der Waals surface area contributed by atoms with E-state index in [2.05, 4.69) is 4.72 Å². The zero-order chi connectivity index (χ0) is 15.6. The van der Waals surface area contributed by atoms with Crippen molar-refractivity contribution in [1.29, 1.82) is 0 Å². The van der Waals surface area contributed by atoms with Crippen LogP contribution in [0, 0.1) is 18.6 Å². The average Bonchev–Trinajstić information content (AvgIpc) is 2.40. The van der Waals surface area contributed by atoms with Crippen molar-refractivity contribution in [1.82, 2.24) is 4.72 Å². The van der Waals surface area contributed by atoms with Crippen LogP contribution in [-0.4, -0.2) is 8.42 Å². The maximum atomic E-state index is 13.5. The molecule has 2 aromatic rings. The van der Waals surface area contributed by atoms with Gasteiger partial charge < -0.3 is 5.73 Å². The van der Waals surface area contributed by atoms with Gasteiger partial charge in [0.05, 0.1) is 4.90 Å². The fraction of sp³-hybridized carbons (Fsp3) is 0.143. The van der Waals surface area contributed by atoms with Gasteiger partial charge >= 0.3 is 0 Å². The summed E-state index contributed by atoms with van der Waals surface area (Å²) in [7, 11) is -3.83. The highest BCUT2D eigenvalue weighted by Gasteiger charge is 2.17. The van der Waals surface area contributed by atoms with Gasteiger partial charge in [0.1, 0.15) is 11.6 Å². The third kappa shape index (κ3) is 3.56. The summed E-state index contributed by atoms with van der Waals surface area (Å²) in [6.07, 6.45) is 0. The van der Waals surface area contributed by atoms with Gasteiger partial charge in [0, 0.05) is 23.9 Å². The van der Waals surface area contributed by atoms with E-state index in [1.165, 1.54) is 12.1 Å². The van der Waals surface area contributed by atoms with Gasteiger partial charge in [0.25, 0.3) is 0 Å². The number of nitrogen functional groups attached to an aromatic ring is 1. The summed E-state index contributed by atoms with van der Waals surface area (Å²) in [4.78, 5) is 0.0324. The molecule has 0 unspecified atom stereocenters. The topological polar surface area (TPSA) is 72.2 Å². The van der Waals surface area contributed by atoms with E-state index in [0.29, 0.717) is 17.3 Å². The number of nitrogens with one attached hydrogen (secondary N) is 1. The van der Waals surface area contributed by atoms with Crippen LogP contribution in [0.4, 0.5) is 14.5 Å². The first kappa shape index (κ1) is 15.4. The molecule has 0 aliphatic carbocycles. The smallest absolute Gasteiger partial charge is 0.241 e. The molecule has 0 aliphatic rings. The maximum Gasteiger partial charge on any atom is 0.241 e. The second-order valence-corrected chi connectivity index (χ2v) is 6.32. The van der Waals surface area contributed by atoms with Crippen molar-refractivity contribution in [3.05, 3.63) is 59.2 Å². The van der Waals surface area contributed by atoms with Crippen LogP contribution in [0.25, 0.3) is 0 Å². The minimum Gasteiger partial charge on any atom is -0.399 e. The minimum absolute atomic E-state index is 0.0324. The predicted octanol–water partition coefficient (Wildman–Crippen LogP) is 2.33. The number of aryl methyl sites for hydroxylation is 1. The number of hydrogen-bond acceptors (Lipinski definition) is 3. The number of rotatable bonds is 4. The predicted molar refractivity (Wildman–Crippen MR) is 76.0 cm³/mol. The molecule has 0 bridgehead atoms. The first-order valence-corrected chi connectivity index (χ1v) is 7.57.